The summed E-state index contributed by atoms with van der Waals surface area (Å²) < 4.78 is 71.4. The van der Waals surface area contributed by atoms with Crippen LogP contribution >= 0.6 is 38.6 Å². The van der Waals surface area contributed by atoms with Gasteiger partial charge in [-0.2, -0.15) is 0 Å². The fourth-order valence-electron chi connectivity index (χ4n) is 1.24. The highest BCUT2D eigenvalue weighted by molar-refractivity contribution is 9.10. The Morgan fingerprint density at radius 3 is 2.53 bits per heavy atom. The molecule has 0 atom stereocenters. The second kappa shape index (κ2) is 4.77. The van der Waals surface area contributed by atoms with Crippen molar-refractivity contribution >= 4 is 38.6 Å². The monoisotopic (exact) mass is 329 g/mol. The van der Waals surface area contributed by atoms with Crippen molar-refractivity contribution in [2.75, 3.05) is 0 Å². The number of halogens is 1. The zero-order valence-corrected chi connectivity index (χ0v) is 11.4. The molecule has 0 radical (unpaired) electrons. The van der Waals surface area contributed by atoms with Crippen molar-refractivity contribution in [3.63, 3.8) is 0 Å². The summed E-state index contributed by atoms with van der Waals surface area (Å²) in [6, 6.07) is -2.66. The molecule has 3 rings (SSSR count). The van der Waals surface area contributed by atoms with E-state index in [-0.39, 0.29) is 33.9 Å². The Morgan fingerprint density at radius 2 is 1.82 bits per heavy atom. The topological polar surface area (TPSA) is 0 Å². The third-order valence-corrected chi connectivity index (χ3v) is 4.76. The van der Waals surface area contributed by atoms with Gasteiger partial charge < -0.3 is 0 Å². The molecule has 84 valence electrons. The summed E-state index contributed by atoms with van der Waals surface area (Å²) in [6.07, 6.45) is 0. The maximum atomic E-state index is 8.30. The Balaban J connectivity index is 2.32. The number of benzene rings is 1. The summed E-state index contributed by atoms with van der Waals surface area (Å²) in [4.78, 5) is 0.942. The summed E-state index contributed by atoms with van der Waals surface area (Å²) in [5.74, 6) is 0. The second-order valence-corrected chi connectivity index (χ2v) is 5.61. The van der Waals surface area contributed by atoms with Gasteiger partial charge in [0.05, 0.1) is 17.2 Å². The van der Waals surface area contributed by atoms with Crippen molar-refractivity contribution in [1.82, 2.24) is 0 Å². The molecular formula is C14H9BrS2. The molecule has 2 aromatic heterocycles. The maximum absolute atomic E-state index is 8.30. The lowest BCUT2D eigenvalue weighted by molar-refractivity contribution is 1.69. The van der Waals surface area contributed by atoms with Crippen LogP contribution in [0.25, 0.3) is 20.2 Å². The minimum atomic E-state index is -0.504. The molecule has 0 unspecified atom stereocenters. The lowest BCUT2D eigenvalue weighted by Gasteiger charge is -1.94. The summed E-state index contributed by atoms with van der Waals surface area (Å²) >= 11 is 5.21. The van der Waals surface area contributed by atoms with E-state index in [0.29, 0.717) is 14.2 Å². The Labute approximate surface area is 129 Å². The Hall–Kier alpha value is -0.900. The van der Waals surface area contributed by atoms with Crippen LogP contribution in [0.15, 0.2) is 58.2 Å². The van der Waals surface area contributed by atoms with Crippen LogP contribution in [0.5, 0.6) is 0 Å². The minimum Gasteiger partial charge on any atom is -0.143 e. The van der Waals surface area contributed by atoms with E-state index in [1.165, 1.54) is 0 Å². The van der Waals surface area contributed by atoms with Gasteiger partial charge in [-0.3, -0.25) is 0 Å². The molecule has 0 bridgehead atoms. The molecule has 0 spiro atoms. The van der Waals surface area contributed by atoms with E-state index in [1.54, 1.807) is 0 Å². The number of hydrogen-bond donors (Lipinski definition) is 0. The van der Waals surface area contributed by atoms with Gasteiger partial charge in [0.15, 0.2) is 0 Å². The Kier molecular flexibility index (Phi) is 1.40. The molecular weight excluding hydrogens is 312 g/mol. The third-order valence-electron chi connectivity index (χ3n) is 1.94. The largest absolute Gasteiger partial charge is 0.143 e. The van der Waals surface area contributed by atoms with E-state index in [4.69, 9.17) is 12.3 Å². The van der Waals surface area contributed by atoms with Crippen LogP contribution in [-0.4, -0.2) is 0 Å². The number of rotatable bonds is 2. The molecule has 0 fully saturated rings. The fourth-order valence-corrected chi connectivity index (χ4v) is 3.74. The first-order valence-electron chi connectivity index (χ1n) is 9.01. The molecule has 1 aromatic carbocycles. The number of hydrogen-bond acceptors (Lipinski definition) is 2. The van der Waals surface area contributed by atoms with Crippen LogP contribution in [0.1, 0.15) is 12.3 Å². The van der Waals surface area contributed by atoms with E-state index in [0.717, 1.165) is 22.7 Å². The van der Waals surface area contributed by atoms with Gasteiger partial charge in [-0.05, 0) is 38.9 Å². The fraction of sp³-hybridized carbons (Fsp3) is 0. The van der Waals surface area contributed by atoms with E-state index >= 15 is 0 Å². The molecule has 0 amide bonds. The van der Waals surface area contributed by atoms with Crippen LogP contribution in [0, 0.1) is 0 Å². The van der Waals surface area contributed by atoms with Crippen LogP contribution in [0.2, 0.25) is 0 Å². The van der Waals surface area contributed by atoms with E-state index < -0.39 is 30.2 Å². The van der Waals surface area contributed by atoms with Crippen molar-refractivity contribution in [3.05, 3.63) is 58.2 Å². The first-order chi connectivity index (χ1) is 12.1. The molecule has 0 saturated heterocycles. The maximum Gasteiger partial charge on any atom is 0.0740 e. The van der Waals surface area contributed by atoms with Gasteiger partial charge >= 0.3 is 0 Å². The second-order valence-electron chi connectivity index (χ2n) is 2.98. The highest BCUT2D eigenvalue weighted by Gasteiger charge is 2.10. The average molecular weight is 330 g/mol. The van der Waals surface area contributed by atoms with Crippen molar-refractivity contribution in [2.45, 2.75) is 0 Å². The number of thiophene rings is 2. The Bertz CT molecular complexity index is 1020. The van der Waals surface area contributed by atoms with E-state index in [1.807, 2.05) is 0 Å². The van der Waals surface area contributed by atoms with Crippen molar-refractivity contribution in [1.29, 1.82) is 0 Å². The molecule has 0 saturated carbocycles. The zero-order chi connectivity index (χ0) is 19.5. The molecule has 0 aliphatic heterocycles. The summed E-state index contributed by atoms with van der Waals surface area (Å²) in [7, 11) is 0. The van der Waals surface area contributed by atoms with Crippen LogP contribution in [0.4, 0.5) is 0 Å². The molecule has 17 heavy (non-hydrogen) atoms. The van der Waals surface area contributed by atoms with Crippen molar-refractivity contribution < 1.29 is 12.3 Å². The van der Waals surface area contributed by atoms with Gasteiger partial charge in [0.25, 0.3) is 0 Å². The summed E-state index contributed by atoms with van der Waals surface area (Å²) in [5.41, 5.74) is -0.0711. The summed E-state index contributed by atoms with van der Waals surface area (Å²) in [5, 5.41) is -0.0683. The molecule has 3 aromatic rings. The standard InChI is InChI=1S/C14H9BrS2/c15-11-9-13(10-5-2-1-3-6-10)17-14(11)12-7-4-8-16-12/h1-9H/i1D,2D,3D,4D,5D,6D,7D,8D,9D. The lowest BCUT2D eigenvalue weighted by atomic mass is 10.2. The van der Waals surface area contributed by atoms with Gasteiger partial charge in [-0.15, -0.1) is 22.7 Å². The van der Waals surface area contributed by atoms with Gasteiger partial charge in [0.1, 0.15) is 0 Å². The zero-order valence-electron chi connectivity index (χ0n) is 17.2. The van der Waals surface area contributed by atoms with E-state index in [2.05, 4.69) is 15.9 Å². The molecule has 2 heterocycles. The van der Waals surface area contributed by atoms with Gasteiger partial charge in [-0.25, -0.2) is 0 Å². The van der Waals surface area contributed by atoms with Crippen LogP contribution < -0.4 is 0 Å². The molecule has 0 aliphatic carbocycles. The smallest absolute Gasteiger partial charge is 0.0740 e. The van der Waals surface area contributed by atoms with Crippen LogP contribution in [-0.2, 0) is 0 Å². The highest BCUT2D eigenvalue weighted by atomic mass is 79.9. The molecule has 0 nitrogen and oxygen atoms in total. The molecule has 0 N–H and O–H groups in total. The normalized spacial score (nSPS) is 18.1. The summed E-state index contributed by atoms with van der Waals surface area (Å²) in [6.45, 7) is 0. The quantitative estimate of drug-likeness (QED) is 0.548. The first-order valence-corrected chi connectivity index (χ1v) is 6.93. The predicted octanol–water partition coefficient (Wildman–Crippen LogP) is 5.91. The van der Waals surface area contributed by atoms with Crippen molar-refractivity contribution in [3.8, 4) is 20.2 Å². The predicted molar refractivity (Wildman–Crippen MR) is 80.8 cm³/mol. The average Bonchev–Trinajstić information content (AvgIpc) is 3.03. The SMILES string of the molecule is [2H]c1sc(-c2sc(-c3c([2H])c([2H])c([2H])c([2H])c3[2H])c([2H])c2Br)c([2H])c1[2H]. The van der Waals surface area contributed by atoms with Gasteiger partial charge in [-0.1, -0.05) is 36.3 Å². The van der Waals surface area contributed by atoms with Crippen LogP contribution in [0.3, 0.4) is 0 Å². The first kappa shape index (κ1) is 5.00. The van der Waals surface area contributed by atoms with Crippen molar-refractivity contribution in [2.24, 2.45) is 0 Å². The highest BCUT2D eigenvalue weighted by Crippen LogP contribution is 2.42. The molecule has 0 aliphatic rings. The van der Waals surface area contributed by atoms with Gasteiger partial charge in [0.2, 0.25) is 0 Å². The Morgan fingerprint density at radius 1 is 1.00 bits per heavy atom. The molecule has 3 heteroatoms. The minimum absolute atomic E-state index is 0.0607. The lowest BCUT2D eigenvalue weighted by Crippen LogP contribution is -1.67. The third kappa shape index (κ3) is 2.23. The van der Waals surface area contributed by atoms with Gasteiger partial charge in [0, 0.05) is 14.2 Å². The van der Waals surface area contributed by atoms with E-state index in [9.17, 15) is 0 Å².